The molecule has 0 aromatic rings. The summed E-state index contributed by atoms with van der Waals surface area (Å²) in [5, 5.41) is 3.21. The Bertz CT molecular complexity index is 433. The molecule has 5 heteroatoms. The molecule has 0 aromatic heterocycles. The molecule has 2 atom stereocenters. The first-order chi connectivity index (χ1) is 10.0. The van der Waals surface area contributed by atoms with Gasteiger partial charge in [0.25, 0.3) is 0 Å². The van der Waals surface area contributed by atoms with Crippen LogP contribution in [0.3, 0.4) is 0 Å². The number of hydrogen-bond acceptors (Lipinski definition) is 3. The molecule has 1 fully saturated rings. The fourth-order valence-electron chi connectivity index (χ4n) is 2.78. The standard InChI is InChI=1S/C18H37NO3Si/c1-16(2,3)21-15(20)19-13-11-18(7,8)12-14(13)22-23(9,10)17(4,5)6/h13-14H,11-12H2,1-10H3,(H,19,20)/t13-,14-/m1/s1. The molecule has 4 nitrogen and oxygen atoms in total. The van der Waals surface area contributed by atoms with E-state index in [1.807, 2.05) is 20.8 Å². The van der Waals surface area contributed by atoms with Crippen molar-refractivity contribution in [1.82, 2.24) is 5.32 Å². The van der Waals surface area contributed by atoms with Gasteiger partial charge in [-0.15, -0.1) is 0 Å². The molecule has 23 heavy (non-hydrogen) atoms. The number of alkyl carbamates (subject to hydrolysis) is 1. The molecule has 1 amide bonds. The highest BCUT2D eigenvalue weighted by Gasteiger charge is 2.46. The van der Waals surface area contributed by atoms with Crippen LogP contribution in [0.1, 0.15) is 68.2 Å². The molecule has 1 rings (SSSR count). The Balaban J connectivity index is 2.82. The molecule has 1 aliphatic carbocycles. The molecule has 0 aliphatic heterocycles. The van der Waals surface area contributed by atoms with E-state index in [9.17, 15) is 4.79 Å². The molecule has 1 aliphatic rings. The second-order valence-electron chi connectivity index (χ2n) is 10.2. The van der Waals surface area contributed by atoms with Gasteiger partial charge in [0.1, 0.15) is 5.60 Å². The molecule has 0 radical (unpaired) electrons. The maximum absolute atomic E-state index is 12.2. The summed E-state index contributed by atoms with van der Waals surface area (Å²) in [7, 11) is -1.86. The Labute approximate surface area is 143 Å². The van der Waals surface area contributed by atoms with E-state index in [2.05, 4.69) is 53.0 Å². The maximum Gasteiger partial charge on any atom is 0.407 e. The third kappa shape index (κ3) is 6.11. The molecule has 0 saturated heterocycles. The molecular weight excluding hydrogens is 306 g/mol. The van der Waals surface area contributed by atoms with Gasteiger partial charge in [-0.05, 0) is 57.2 Å². The van der Waals surface area contributed by atoms with Gasteiger partial charge < -0.3 is 14.5 Å². The van der Waals surface area contributed by atoms with E-state index in [4.69, 9.17) is 9.16 Å². The molecule has 0 unspecified atom stereocenters. The topological polar surface area (TPSA) is 47.6 Å². The van der Waals surface area contributed by atoms with E-state index < -0.39 is 13.9 Å². The Hall–Kier alpha value is -0.553. The summed E-state index contributed by atoms with van der Waals surface area (Å²) in [4.78, 5) is 12.2. The lowest BCUT2D eigenvalue weighted by molar-refractivity contribution is 0.0457. The average Bonchev–Trinajstić information content (AvgIpc) is 2.47. The van der Waals surface area contributed by atoms with Crippen LogP contribution < -0.4 is 5.32 Å². The van der Waals surface area contributed by atoms with Crippen LogP contribution in [-0.2, 0) is 9.16 Å². The first-order valence-electron chi connectivity index (χ1n) is 8.70. The number of carbonyl (C=O) groups is 1. The van der Waals surface area contributed by atoms with Crippen molar-refractivity contribution in [3.05, 3.63) is 0 Å². The van der Waals surface area contributed by atoms with Gasteiger partial charge in [0.15, 0.2) is 8.32 Å². The summed E-state index contributed by atoms with van der Waals surface area (Å²) in [5.74, 6) is 0. The first kappa shape index (κ1) is 20.5. The lowest BCUT2D eigenvalue weighted by Gasteiger charge is -2.40. The van der Waals surface area contributed by atoms with Crippen molar-refractivity contribution in [2.75, 3.05) is 0 Å². The molecule has 1 saturated carbocycles. The van der Waals surface area contributed by atoms with E-state index in [-0.39, 0.29) is 28.7 Å². The zero-order valence-electron chi connectivity index (χ0n) is 16.8. The fourth-order valence-corrected chi connectivity index (χ4v) is 4.14. The van der Waals surface area contributed by atoms with E-state index in [1.54, 1.807) is 0 Å². The summed E-state index contributed by atoms with van der Waals surface area (Å²) < 4.78 is 12.0. The number of nitrogens with one attached hydrogen (secondary N) is 1. The minimum Gasteiger partial charge on any atom is -0.444 e. The van der Waals surface area contributed by atoms with Gasteiger partial charge in [-0.25, -0.2) is 4.79 Å². The van der Waals surface area contributed by atoms with Crippen molar-refractivity contribution in [2.24, 2.45) is 5.41 Å². The van der Waals surface area contributed by atoms with Crippen LogP contribution >= 0.6 is 0 Å². The molecule has 1 N–H and O–H groups in total. The number of carbonyl (C=O) groups excluding carboxylic acids is 1. The Morgan fingerprint density at radius 1 is 1.09 bits per heavy atom. The Kier molecular flexibility index (Phi) is 5.70. The lowest BCUT2D eigenvalue weighted by atomic mass is 9.91. The normalized spacial score (nSPS) is 25.3. The average molecular weight is 344 g/mol. The highest BCUT2D eigenvalue weighted by atomic mass is 28.4. The zero-order valence-corrected chi connectivity index (χ0v) is 17.8. The van der Waals surface area contributed by atoms with Gasteiger partial charge in [0.2, 0.25) is 0 Å². The Morgan fingerprint density at radius 3 is 2.04 bits per heavy atom. The summed E-state index contributed by atoms with van der Waals surface area (Å²) in [6.07, 6.45) is 1.62. The van der Waals surface area contributed by atoms with E-state index >= 15 is 0 Å². The van der Waals surface area contributed by atoms with Crippen LogP contribution in [0.15, 0.2) is 0 Å². The molecule has 0 spiro atoms. The number of rotatable bonds is 3. The number of amides is 1. The number of ether oxygens (including phenoxy) is 1. The lowest BCUT2D eigenvalue weighted by Crippen LogP contribution is -2.50. The van der Waals surface area contributed by atoms with Gasteiger partial charge in [-0.1, -0.05) is 34.6 Å². The molecule has 0 bridgehead atoms. The van der Waals surface area contributed by atoms with E-state index in [0.29, 0.717) is 0 Å². The Morgan fingerprint density at radius 2 is 1.61 bits per heavy atom. The predicted octanol–water partition coefficient (Wildman–Crippen LogP) is 5.09. The van der Waals surface area contributed by atoms with Crippen molar-refractivity contribution in [2.45, 2.75) is 104 Å². The van der Waals surface area contributed by atoms with Crippen LogP contribution in [0.5, 0.6) is 0 Å². The van der Waals surface area contributed by atoms with Crippen molar-refractivity contribution >= 4 is 14.4 Å². The van der Waals surface area contributed by atoms with Crippen LogP contribution in [0.2, 0.25) is 18.1 Å². The highest BCUT2D eigenvalue weighted by molar-refractivity contribution is 6.74. The van der Waals surface area contributed by atoms with Crippen LogP contribution in [0.4, 0.5) is 4.79 Å². The summed E-state index contributed by atoms with van der Waals surface area (Å²) in [5.41, 5.74) is -0.305. The third-order valence-electron chi connectivity index (χ3n) is 4.93. The quantitative estimate of drug-likeness (QED) is 0.726. The molecule has 0 aromatic carbocycles. The molecular formula is C18H37NO3Si. The predicted molar refractivity (Wildman–Crippen MR) is 98.2 cm³/mol. The van der Waals surface area contributed by atoms with Gasteiger partial charge >= 0.3 is 6.09 Å². The van der Waals surface area contributed by atoms with Crippen molar-refractivity contribution < 1.29 is 14.0 Å². The second kappa shape index (κ2) is 6.39. The second-order valence-corrected chi connectivity index (χ2v) is 15.0. The van der Waals surface area contributed by atoms with Gasteiger partial charge in [-0.3, -0.25) is 0 Å². The highest BCUT2D eigenvalue weighted by Crippen LogP contribution is 2.44. The zero-order chi connectivity index (χ0) is 18.3. The van der Waals surface area contributed by atoms with Crippen LogP contribution in [0.25, 0.3) is 0 Å². The fraction of sp³-hybridized carbons (Fsp3) is 0.944. The molecule has 136 valence electrons. The van der Waals surface area contributed by atoms with E-state index in [0.717, 1.165) is 12.8 Å². The smallest absolute Gasteiger partial charge is 0.407 e. The monoisotopic (exact) mass is 343 g/mol. The minimum atomic E-state index is -1.86. The number of hydrogen-bond donors (Lipinski definition) is 1. The summed E-state index contributed by atoms with van der Waals surface area (Å²) >= 11 is 0. The van der Waals surface area contributed by atoms with Crippen molar-refractivity contribution in [3.8, 4) is 0 Å². The first-order valence-corrected chi connectivity index (χ1v) is 11.6. The van der Waals surface area contributed by atoms with Crippen LogP contribution in [-0.4, -0.2) is 32.2 Å². The largest absolute Gasteiger partial charge is 0.444 e. The third-order valence-corrected chi connectivity index (χ3v) is 9.43. The van der Waals surface area contributed by atoms with Gasteiger partial charge in [0.05, 0.1) is 12.1 Å². The minimum absolute atomic E-state index is 0.0222. The maximum atomic E-state index is 12.2. The van der Waals surface area contributed by atoms with Crippen LogP contribution in [0, 0.1) is 5.41 Å². The van der Waals surface area contributed by atoms with Crippen molar-refractivity contribution in [3.63, 3.8) is 0 Å². The van der Waals surface area contributed by atoms with Gasteiger partial charge in [-0.2, -0.15) is 0 Å². The molecule has 0 heterocycles. The SMILES string of the molecule is CC1(C)C[C@@H](NC(=O)OC(C)(C)C)[C@H](O[Si](C)(C)C(C)(C)C)C1. The summed E-state index contributed by atoms with van der Waals surface area (Å²) in [6.45, 7) is 21.4. The van der Waals surface area contributed by atoms with Crippen molar-refractivity contribution in [1.29, 1.82) is 0 Å². The summed E-state index contributed by atoms with van der Waals surface area (Å²) in [6, 6.07) is 0.0222. The van der Waals surface area contributed by atoms with Gasteiger partial charge in [0, 0.05) is 0 Å². The van der Waals surface area contributed by atoms with E-state index in [1.165, 1.54) is 0 Å².